The van der Waals surface area contributed by atoms with Gasteiger partial charge in [-0.15, -0.1) is 0 Å². The molecule has 0 saturated heterocycles. The second-order valence-electron chi connectivity index (χ2n) is 4.69. The molecule has 0 heterocycles. The molecule has 6 nitrogen and oxygen atoms in total. The van der Waals surface area contributed by atoms with E-state index in [-0.39, 0.29) is 18.3 Å². The largest absolute Gasteiger partial charge is 0.469 e. The molecule has 1 aromatic rings. The highest BCUT2D eigenvalue weighted by Crippen LogP contribution is 2.15. The highest BCUT2D eigenvalue weighted by atomic mass is 16.5. The number of benzene rings is 1. The molecule has 0 aromatic heterocycles. The Morgan fingerprint density at radius 2 is 1.95 bits per heavy atom. The molecule has 0 atom stereocenters. The van der Waals surface area contributed by atoms with E-state index in [1.165, 1.54) is 7.11 Å². The zero-order valence-corrected chi connectivity index (χ0v) is 12.7. The molecule has 0 spiro atoms. The van der Waals surface area contributed by atoms with Crippen LogP contribution < -0.4 is 5.73 Å². The van der Waals surface area contributed by atoms with Crippen molar-refractivity contribution in [1.82, 2.24) is 4.90 Å². The van der Waals surface area contributed by atoms with Crippen molar-refractivity contribution in [2.75, 3.05) is 39.6 Å². The van der Waals surface area contributed by atoms with E-state index in [4.69, 9.17) is 10.5 Å². The minimum Gasteiger partial charge on any atom is -0.469 e. The molecule has 0 aliphatic rings. The Hall–Kier alpha value is -2.08. The van der Waals surface area contributed by atoms with Crippen LogP contribution in [0.4, 0.5) is 5.69 Å². The second kappa shape index (κ2) is 8.26. The lowest BCUT2D eigenvalue weighted by molar-refractivity contribution is -0.140. The van der Waals surface area contributed by atoms with Crippen LogP contribution in [-0.2, 0) is 14.3 Å². The summed E-state index contributed by atoms with van der Waals surface area (Å²) in [4.78, 5) is 25.4. The van der Waals surface area contributed by atoms with E-state index < -0.39 is 0 Å². The minimum atomic E-state index is -0.348. The number of amides is 1. The van der Waals surface area contributed by atoms with Crippen molar-refractivity contribution in [3.8, 4) is 0 Å². The van der Waals surface area contributed by atoms with E-state index in [1.54, 1.807) is 30.2 Å². The lowest BCUT2D eigenvalue weighted by Gasteiger charge is -2.23. The molecule has 0 aliphatic heterocycles. The predicted octanol–water partition coefficient (Wildman–Crippen LogP) is 1.23. The number of carbonyl (C=O) groups is 2. The van der Waals surface area contributed by atoms with Gasteiger partial charge >= 0.3 is 5.97 Å². The molecular weight excluding hydrogens is 272 g/mol. The van der Waals surface area contributed by atoms with Crippen LogP contribution in [-0.4, -0.2) is 50.7 Å². The van der Waals surface area contributed by atoms with Gasteiger partial charge in [-0.1, -0.05) is 0 Å². The van der Waals surface area contributed by atoms with Crippen molar-refractivity contribution < 1.29 is 19.1 Å². The quantitative estimate of drug-likeness (QED) is 0.604. The van der Waals surface area contributed by atoms with Crippen molar-refractivity contribution in [1.29, 1.82) is 0 Å². The van der Waals surface area contributed by atoms with Crippen molar-refractivity contribution in [3.05, 3.63) is 29.3 Å². The standard InChI is InChI=1S/C15H22N2O4/c1-11-10-12(16)4-5-13(11)15(19)17(8-9-20-2)7-6-14(18)21-3/h4-5,10H,6-9,16H2,1-3H3. The summed E-state index contributed by atoms with van der Waals surface area (Å²) in [6, 6.07) is 5.14. The number of rotatable bonds is 7. The molecule has 1 amide bonds. The van der Waals surface area contributed by atoms with Crippen LogP contribution in [0.25, 0.3) is 0 Å². The summed E-state index contributed by atoms with van der Waals surface area (Å²) in [6.45, 7) is 2.94. The van der Waals surface area contributed by atoms with Crippen molar-refractivity contribution >= 4 is 17.6 Å². The molecule has 0 unspecified atom stereocenters. The van der Waals surface area contributed by atoms with E-state index in [9.17, 15) is 9.59 Å². The van der Waals surface area contributed by atoms with E-state index in [0.29, 0.717) is 30.9 Å². The fourth-order valence-electron chi connectivity index (χ4n) is 1.94. The maximum absolute atomic E-state index is 12.6. The lowest BCUT2D eigenvalue weighted by Crippen LogP contribution is -2.36. The number of esters is 1. The number of nitrogens with zero attached hydrogens (tertiary/aromatic N) is 1. The van der Waals surface area contributed by atoms with Crippen molar-refractivity contribution in [3.63, 3.8) is 0 Å². The molecule has 116 valence electrons. The van der Waals surface area contributed by atoms with Crippen LogP contribution in [0.15, 0.2) is 18.2 Å². The zero-order valence-electron chi connectivity index (χ0n) is 12.7. The Kier molecular flexibility index (Phi) is 6.68. The molecule has 21 heavy (non-hydrogen) atoms. The van der Waals surface area contributed by atoms with Gasteiger partial charge < -0.3 is 20.1 Å². The maximum atomic E-state index is 12.6. The Bertz CT molecular complexity index is 502. The minimum absolute atomic E-state index is 0.145. The average Bonchev–Trinajstić information content (AvgIpc) is 2.46. The first-order valence-corrected chi connectivity index (χ1v) is 6.70. The van der Waals surface area contributed by atoms with Crippen LogP contribution >= 0.6 is 0 Å². The van der Waals surface area contributed by atoms with Gasteiger partial charge in [-0.25, -0.2) is 0 Å². The van der Waals surface area contributed by atoms with E-state index in [2.05, 4.69) is 4.74 Å². The molecule has 0 aliphatic carbocycles. The SMILES string of the molecule is COCCN(CCC(=O)OC)C(=O)c1ccc(N)cc1C. The molecule has 6 heteroatoms. The summed E-state index contributed by atoms with van der Waals surface area (Å²) < 4.78 is 9.62. The van der Waals surface area contributed by atoms with E-state index in [1.807, 2.05) is 6.92 Å². The molecule has 0 radical (unpaired) electrons. The number of anilines is 1. The smallest absolute Gasteiger partial charge is 0.307 e. The van der Waals surface area contributed by atoms with Gasteiger partial charge in [0, 0.05) is 31.5 Å². The Balaban J connectivity index is 2.85. The maximum Gasteiger partial charge on any atom is 0.307 e. The molecule has 1 rings (SSSR count). The Labute approximate surface area is 124 Å². The summed E-state index contributed by atoms with van der Waals surface area (Å²) in [6.07, 6.45) is 0.153. The highest BCUT2D eigenvalue weighted by molar-refractivity contribution is 5.96. The normalized spacial score (nSPS) is 10.2. The van der Waals surface area contributed by atoms with Gasteiger partial charge in [-0.05, 0) is 30.7 Å². The highest BCUT2D eigenvalue weighted by Gasteiger charge is 2.18. The fourth-order valence-corrected chi connectivity index (χ4v) is 1.94. The number of ether oxygens (including phenoxy) is 2. The third kappa shape index (κ3) is 5.07. The zero-order chi connectivity index (χ0) is 15.8. The van der Waals surface area contributed by atoms with Crippen LogP contribution in [0, 0.1) is 6.92 Å². The Morgan fingerprint density at radius 3 is 2.52 bits per heavy atom. The van der Waals surface area contributed by atoms with Gasteiger partial charge in [0.25, 0.3) is 5.91 Å². The molecular formula is C15H22N2O4. The Morgan fingerprint density at radius 1 is 1.24 bits per heavy atom. The number of nitrogens with two attached hydrogens (primary N) is 1. The lowest BCUT2D eigenvalue weighted by atomic mass is 10.1. The topological polar surface area (TPSA) is 81.9 Å². The first-order chi connectivity index (χ1) is 9.99. The van der Waals surface area contributed by atoms with Gasteiger partial charge in [0.05, 0.1) is 20.1 Å². The van der Waals surface area contributed by atoms with E-state index >= 15 is 0 Å². The fraction of sp³-hybridized carbons (Fsp3) is 0.467. The van der Waals surface area contributed by atoms with Crippen LogP contribution in [0.1, 0.15) is 22.3 Å². The van der Waals surface area contributed by atoms with Crippen molar-refractivity contribution in [2.24, 2.45) is 0 Å². The first-order valence-electron chi connectivity index (χ1n) is 6.70. The number of aryl methyl sites for hydroxylation is 1. The third-order valence-corrected chi connectivity index (χ3v) is 3.15. The van der Waals surface area contributed by atoms with Gasteiger partial charge in [0.2, 0.25) is 0 Å². The molecule has 0 saturated carbocycles. The van der Waals surface area contributed by atoms with Gasteiger partial charge in [-0.3, -0.25) is 9.59 Å². The van der Waals surface area contributed by atoms with E-state index in [0.717, 1.165) is 5.56 Å². The summed E-state index contributed by atoms with van der Waals surface area (Å²) in [5.41, 5.74) is 7.69. The first kappa shape index (κ1) is 17.0. The molecule has 0 fully saturated rings. The number of hydrogen-bond donors (Lipinski definition) is 1. The number of nitrogen functional groups attached to an aromatic ring is 1. The van der Waals surface area contributed by atoms with Crippen LogP contribution in [0.2, 0.25) is 0 Å². The van der Waals surface area contributed by atoms with Crippen LogP contribution in [0.5, 0.6) is 0 Å². The summed E-state index contributed by atoms with van der Waals surface area (Å²) in [5.74, 6) is -0.493. The molecule has 2 N–H and O–H groups in total. The van der Waals surface area contributed by atoms with Gasteiger partial charge in [0.1, 0.15) is 0 Å². The predicted molar refractivity (Wildman–Crippen MR) is 80.0 cm³/mol. The van der Waals surface area contributed by atoms with Crippen LogP contribution in [0.3, 0.4) is 0 Å². The van der Waals surface area contributed by atoms with Gasteiger partial charge in [0.15, 0.2) is 0 Å². The number of hydrogen-bond acceptors (Lipinski definition) is 5. The number of carbonyl (C=O) groups excluding carboxylic acids is 2. The summed E-state index contributed by atoms with van der Waals surface area (Å²) >= 11 is 0. The number of methoxy groups -OCH3 is 2. The summed E-state index contributed by atoms with van der Waals surface area (Å²) in [5, 5.41) is 0. The third-order valence-electron chi connectivity index (χ3n) is 3.15. The molecule has 0 bridgehead atoms. The molecule has 1 aromatic carbocycles. The van der Waals surface area contributed by atoms with Gasteiger partial charge in [-0.2, -0.15) is 0 Å². The summed E-state index contributed by atoms with van der Waals surface area (Å²) in [7, 11) is 2.89. The van der Waals surface area contributed by atoms with Crippen molar-refractivity contribution in [2.45, 2.75) is 13.3 Å². The average molecular weight is 294 g/mol. The second-order valence-corrected chi connectivity index (χ2v) is 4.69. The monoisotopic (exact) mass is 294 g/mol.